The van der Waals surface area contributed by atoms with Gasteiger partial charge in [0.2, 0.25) is 0 Å². The van der Waals surface area contributed by atoms with E-state index in [-0.39, 0.29) is 5.82 Å². The van der Waals surface area contributed by atoms with E-state index in [0.29, 0.717) is 5.82 Å². The van der Waals surface area contributed by atoms with Crippen molar-refractivity contribution in [3.63, 3.8) is 0 Å². The summed E-state index contributed by atoms with van der Waals surface area (Å²) in [6, 6.07) is 7.15. The number of nitrogens with one attached hydrogen (secondary N) is 1. The van der Waals surface area contributed by atoms with Gasteiger partial charge in [0, 0.05) is 23.0 Å². The molecule has 1 aliphatic carbocycles. The third-order valence-corrected chi connectivity index (χ3v) is 3.89. The van der Waals surface area contributed by atoms with Crippen LogP contribution in [0.25, 0.3) is 11.4 Å². The van der Waals surface area contributed by atoms with Crippen molar-refractivity contribution in [3.8, 4) is 11.4 Å². The predicted octanol–water partition coefficient (Wildman–Crippen LogP) is 3.19. The molecule has 0 amide bonds. The molecular formula is C17H20FN3. The van der Waals surface area contributed by atoms with Gasteiger partial charge in [-0.15, -0.1) is 0 Å². The third-order valence-electron chi connectivity index (χ3n) is 3.89. The lowest BCUT2D eigenvalue weighted by molar-refractivity contribution is 0.628. The number of aromatic nitrogens is 2. The first-order chi connectivity index (χ1) is 10.1. The molecule has 0 saturated heterocycles. The molecular weight excluding hydrogens is 265 g/mol. The second-order valence-electron chi connectivity index (χ2n) is 5.69. The van der Waals surface area contributed by atoms with Crippen LogP contribution in [-0.2, 0) is 6.42 Å². The third kappa shape index (κ3) is 3.45. The molecule has 3 rings (SSSR count). The lowest BCUT2D eigenvalue weighted by Gasteiger charge is -2.11. The predicted molar refractivity (Wildman–Crippen MR) is 81.6 cm³/mol. The molecule has 1 saturated carbocycles. The molecule has 0 bridgehead atoms. The van der Waals surface area contributed by atoms with Crippen molar-refractivity contribution >= 4 is 0 Å². The van der Waals surface area contributed by atoms with Crippen LogP contribution in [0.1, 0.15) is 29.8 Å². The first kappa shape index (κ1) is 14.1. The highest BCUT2D eigenvalue weighted by molar-refractivity contribution is 5.55. The standard InChI is InChI=1S/C17H20FN3/c1-11-16(8-9-19-15-6-7-15)12(2)21-17(20-11)13-4-3-5-14(18)10-13/h3-5,10,15,19H,6-9H2,1-2H3. The zero-order chi connectivity index (χ0) is 14.8. The summed E-state index contributed by atoms with van der Waals surface area (Å²) in [5.74, 6) is 0.340. The van der Waals surface area contributed by atoms with Crippen LogP contribution in [0, 0.1) is 19.7 Å². The fourth-order valence-electron chi connectivity index (χ4n) is 2.55. The molecule has 2 aromatic rings. The summed E-state index contributed by atoms with van der Waals surface area (Å²) in [5, 5.41) is 3.51. The molecule has 1 aliphatic rings. The molecule has 1 aromatic heterocycles. The van der Waals surface area contributed by atoms with Crippen molar-refractivity contribution in [2.24, 2.45) is 0 Å². The highest BCUT2D eigenvalue weighted by Gasteiger charge is 2.20. The molecule has 1 fully saturated rings. The monoisotopic (exact) mass is 285 g/mol. The van der Waals surface area contributed by atoms with Gasteiger partial charge in [0.15, 0.2) is 5.82 Å². The van der Waals surface area contributed by atoms with Gasteiger partial charge in [-0.2, -0.15) is 0 Å². The lowest BCUT2D eigenvalue weighted by atomic mass is 10.1. The van der Waals surface area contributed by atoms with Crippen LogP contribution < -0.4 is 5.32 Å². The molecule has 0 atom stereocenters. The Bertz CT molecular complexity index is 627. The van der Waals surface area contributed by atoms with Gasteiger partial charge in [-0.25, -0.2) is 14.4 Å². The first-order valence-electron chi connectivity index (χ1n) is 7.47. The Morgan fingerprint density at radius 1 is 1.19 bits per heavy atom. The van der Waals surface area contributed by atoms with E-state index >= 15 is 0 Å². The smallest absolute Gasteiger partial charge is 0.159 e. The highest BCUT2D eigenvalue weighted by Crippen LogP contribution is 2.21. The number of halogens is 1. The second kappa shape index (κ2) is 5.90. The van der Waals surface area contributed by atoms with E-state index in [1.807, 2.05) is 19.9 Å². The van der Waals surface area contributed by atoms with Crippen LogP contribution >= 0.6 is 0 Å². The van der Waals surface area contributed by atoms with Crippen LogP contribution in [-0.4, -0.2) is 22.6 Å². The molecule has 3 nitrogen and oxygen atoms in total. The summed E-state index contributed by atoms with van der Waals surface area (Å²) in [4.78, 5) is 9.11. The van der Waals surface area contributed by atoms with E-state index in [1.165, 1.54) is 30.5 Å². The Kier molecular flexibility index (Phi) is 3.97. The SMILES string of the molecule is Cc1nc(-c2cccc(F)c2)nc(C)c1CCNC1CC1. The first-order valence-corrected chi connectivity index (χ1v) is 7.47. The van der Waals surface area contributed by atoms with E-state index in [2.05, 4.69) is 15.3 Å². The van der Waals surface area contributed by atoms with E-state index in [1.54, 1.807) is 6.07 Å². The van der Waals surface area contributed by atoms with Gasteiger partial charge in [-0.1, -0.05) is 12.1 Å². The maximum atomic E-state index is 13.3. The van der Waals surface area contributed by atoms with Crippen LogP contribution in [0.2, 0.25) is 0 Å². The maximum absolute atomic E-state index is 13.3. The van der Waals surface area contributed by atoms with Crippen LogP contribution in [0.15, 0.2) is 24.3 Å². The number of rotatable bonds is 5. The molecule has 1 aromatic carbocycles. The fraction of sp³-hybridized carbons (Fsp3) is 0.412. The Morgan fingerprint density at radius 2 is 1.90 bits per heavy atom. The summed E-state index contributed by atoms with van der Waals surface area (Å²) >= 11 is 0. The summed E-state index contributed by atoms with van der Waals surface area (Å²) in [6.07, 6.45) is 3.54. The highest BCUT2D eigenvalue weighted by atomic mass is 19.1. The summed E-state index contributed by atoms with van der Waals surface area (Å²) in [6.45, 7) is 4.98. The van der Waals surface area contributed by atoms with E-state index in [9.17, 15) is 4.39 Å². The van der Waals surface area contributed by atoms with Crippen molar-refractivity contribution in [3.05, 3.63) is 47.0 Å². The molecule has 21 heavy (non-hydrogen) atoms. The van der Waals surface area contributed by atoms with E-state index in [0.717, 1.165) is 36.0 Å². The Balaban J connectivity index is 1.81. The van der Waals surface area contributed by atoms with E-state index in [4.69, 9.17) is 0 Å². The average Bonchev–Trinajstić information content (AvgIpc) is 3.26. The number of aryl methyl sites for hydroxylation is 2. The number of hydrogen-bond acceptors (Lipinski definition) is 3. The van der Waals surface area contributed by atoms with Crippen molar-refractivity contribution < 1.29 is 4.39 Å². The Morgan fingerprint density at radius 3 is 2.52 bits per heavy atom. The van der Waals surface area contributed by atoms with Gasteiger partial charge in [0.05, 0.1) is 0 Å². The summed E-state index contributed by atoms with van der Waals surface area (Å²) < 4.78 is 13.3. The zero-order valence-corrected chi connectivity index (χ0v) is 12.5. The molecule has 0 aliphatic heterocycles. The van der Waals surface area contributed by atoms with Gasteiger partial charge < -0.3 is 5.32 Å². The molecule has 4 heteroatoms. The molecule has 0 unspecified atom stereocenters. The van der Waals surface area contributed by atoms with Crippen molar-refractivity contribution in [2.45, 2.75) is 39.2 Å². The fourth-order valence-corrected chi connectivity index (χ4v) is 2.55. The molecule has 1 N–H and O–H groups in total. The molecule has 1 heterocycles. The summed E-state index contributed by atoms with van der Waals surface area (Å²) in [5.41, 5.74) is 3.89. The lowest BCUT2D eigenvalue weighted by Crippen LogP contribution is -2.20. The minimum atomic E-state index is -0.260. The largest absolute Gasteiger partial charge is 0.314 e. The Hall–Kier alpha value is -1.81. The maximum Gasteiger partial charge on any atom is 0.159 e. The van der Waals surface area contributed by atoms with Crippen LogP contribution in [0.4, 0.5) is 4.39 Å². The minimum absolute atomic E-state index is 0.260. The quantitative estimate of drug-likeness (QED) is 0.916. The second-order valence-corrected chi connectivity index (χ2v) is 5.69. The van der Waals surface area contributed by atoms with E-state index < -0.39 is 0 Å². The average molecular weight is 285 g/mol. The van der Waals surface area contributed by atoms with Gasteiger partial charge in [0.25, 0.3) is 0 Å². The van der Waals surface area contributed by atoms with Gasteiger partial charge in [-0.3, -0.25) is 0 Å². The number of nitrogens with zero attached hydrogens (tertiary/aromatic N) is 2. The number of hydrogen-bond donors (Lipinski definition) is 1. The molecule has 0 spiro atoms. The summed E-state index contributed by atoms with van der Waals surface area (Å²) in [7, 11) is 0. The van der Waals surface area contributed by atoms with Crippen molar-refractivity contribution in [1.82, 2.24) is 15.3 Å². The molecule has 0 radical (unpaired) electrons. The Labute approximate surface area is 124 Å². The molecule has 110 valence electrons. The van der Waals surface area contributed by atoms with Gasteiger partial charge >= 0.3 is 0 Å². The van der Waals surface area contributed by atoms with Crippen LogP contribution in [0.3, 0.4) is 0 Å². The van der Waals surface area contributed by atoms with Crippen LogP contribution in [0.5, 0.6) is 0 Å². The van der Waals surface area contributed by atoms with Crippen molar-refractivity contribution in [2.75, 3.05) is 6.54 Å². The normalized spacial score (nSPS) is 14.4. The minimum Gasteiger partial charge on any atom is -0.314 e. The van der Waals surface area contributed by atoms with Gasteiger partial charge in [0.1, 0.15) is 5.82 Å². The van der Waals surface area contributed by atoms with Gasteiger partial charge in [-0.05, 0) is 57.4 Å². The number of benzene rings is 1. The van der Waals surface area contributed by atoms with Crippen molar-refractivity contribution in [1.29, 1.82) is 0 Å². The topological polar surface area (TPSA) is 37.8 Å². The zero-order valence-electron chi connectivity index (χ0n) is 12.5.